The molecule has 0 saturated heterocycles. The fourth-order valence-corrected chi connectivity index (χ4v) is 1.19. The third-order valence-corrected chi connectivity index (χ3v) is 2.37. The van der Waals surface area contributed by atoms with Crippen molar-refractivity contribution >= 4 is 5.97 Å². The van der Waals surface area contributed by atoms with Crippen molar-refractivity contribution in [3.8, 4) is 0 Å². The molecule has 0 aliphatic carbocycles. The number of nitrogens with one attached hydrogen (secondary N) is 1. The lowest BCUT2D eigenvalue weighted by atomic mass is 9.86. The van der Waals surface area contributed by atoms with Crippen molar-refractivity contribution in [2.45, 2.75) is 53.1 Å². The summed E-state index contributed by atoms with van der Waals surface area (Å²) in [5.74, 6) is -0.183. The number of esters is 1. The summed E-state index contributed by atoms with van der Waals surface area (Å²) in [6.45, 7) is 10.3. The molecule has 0 radical (unpaired) electrons. The van der Waals surface area contributed by atoms with Crippen LogP contribution in [-0.2, 0) is 9.53 Å². The van der Waals surface area contributed by atoms with Crippen LogP contribution in [0.5, 0.6) is 0 Å². The van der Waals surface area contributed by atoms with Gasteiger partial charge in [-0.25, -0.2) is 0 Å². The zero-order valence-electron chi connectivity index (χ0n) is 10.2. The van der Waals surface area contributed by atoms with E-state index in [1.807, 2.05) is 20.8 Å². The number of methoxy groups -OCH3 is 1. The van der Waals surface area contributed by atoms with Crippen LogP contribution >= 0.6 is 0 Å². The molecule has 0 spiro atoms. The van der Waals surface area contributed by atoms with Crippen molar-refractivity contribution in [1.29, 1.82) is 0 Å². The van der Waals surface area contributed by atoms with Gasteiger partial charge in [0.25, 0.3) is 0 Å². The number of carbonyl (C=O) groups excluding carboxylic acids is 1. The lowest BCUT2D eigenvalue weighted by molar-refractivity contribution is -0.146. The highest BCUT2D eigenvalue weighted by Crippen LogP contribution is 2.20. The maximum Gasteiger partial charge on any atom is 0.323 e. The molecule has 2 atom stereocenters. The van der Waals surface area contributed by atoms with E-state index < -0.39 is 0 Å². The average molecular weight is 201 g/mol. The molecule has 0 aromatic heterocycles. The van der Waals surface area contributed by atoms with Crippen molar-refractivity contribution < 1.29 is 9.53 Å². The third-order valence-electron chi connectivity index (χ3n) is 2.37. The minimum Gasteiger partial charge on any atom is -0.468 e. The van der Waals surface area contributed by atoms with Crippen LogP contribution in [-0.4, -0.2) is 25.2 Å². The molecule has 3 heteroatoms. The Balaban J connectivity index is 4.49. The van der Waals surface area contributed by atoms with Crippen molar-refractivity contribution in [2.24, 2.45) is 5.41 Å². The number of rotatable bonds is 4. The zero-order valence-corrected chi connectivity index (χ0v) is 10.2. The molecule has 1 N–H and O–H groups in total. The van der Waals surface area contributed by atoms with Crippen molar-refractivity contribution in [3.05, 3.63) is 0 Å². The second kappa shape index (κ2) is 5.35. The molecule has 0 aliphatic rings. The highest BCUT2D eigenvalue weighted by atomic mass is 16.5. The van der Waals surface area contributed by atoms with Crippen LogP contribution in [0.1, 0.15) is 41.0 Å². The normalized spacial score (nSPS) is 16.1. The second-order valence-corrected chi connectivity index (χ2v) is 4.80. The standard InChI is InChI=1S/C11H23NO2/c1-7-8(2)12-9(10(13)14-6)11(3,4)5/h8-9,12H,7H2,1-6H3. The van der Waals surface area contributed by atoms with Crippen LogP contribution in [0.3, 0.4) is 0 Å². The summed E-state index contributed by atoms with van der Waals surface area (Å²) in [6, 6.07) is 0.0979. The first-order chi connectivity index (χ1) is 6.32. The molecule has 0 fully saturated rings. The summed E-state index contributed by atoms with van der Waals surface area (Å²) in [5.41, 5.74) is -0.115. The van der Waals surface area contributed by atoms with E-state index in [9.17, 15) is 4.79 Å². The molecule has 84 valence electrons. The Kier molecular flexibility index (Phi) is 5.13. The van der Waals surface area contributed by atoms with Gasteiger partial charge in [-0.3, -0.25) is 4.79 Å². The summed E-state index contributed by atoms with van der Waals surface area (Å²) in [6.07, 6.45) is 1.00. The highest BCUT2D eigenvalue weighted by molar-refractivity contribution is 5.76. The Labute approximate surface area is 87.2 Å². The number of ether oxygens (including phenoxy) is 1. The van der Waals surface area contributed by atoms with E-state index in [1.165, 1.54) is 7.11 Å². The van der Waals surface area contributed by atoms with Gasteiger partial charge in [-0.2, -0.15) is 0 Å². The number of hydrogen-bond donors (Lipinski definition) is 1. The minimum atomic E-state index is -0.234. The molecule has 3 nitrogen and oxygen atoms in total. The van der Waals surface area contributed by atoms with Crippen molar-refractivity contribution in [3.63, 3.8) is 0 Å². The lowest BCUT2D eigenvalue weighted by Gasteiger charge is -2.31. The smallest absolute Gasteiger partial charge is 0.323 e. The van der Waals surface area contributed by atoms with Crippen LogP contribution in [0.15, 0.2) is 0 Å². The van der Waals surface area contributed by atoms with Gasteiger partial charge in [0.15, 0.2) is 0 Å². The Morgan fingerprint density at radius 1 is 1.43 bits per heavy atom. The van der Waals surface area contributed by atoms with Gasteiger partial charge in [0.1, 0.15) is 6.04 Å². The van der Waals surface area contributed by atoms with Gasteiger partial charge in [0.2, 0.25) is 0 Å². The van der Waals surface area contributed by atoms with Gasteiger partial charge in [0.05, 0.1) is 7.11 Å². The van der Waals surface area contributed by atoms with Crippen LogP contribution in [0.25, 0.3) is 0 Å². The topological polar surface area (TPSA) is 38.3 Å². The Hall–Kier alpha value is -0.570. The van der Waals surface area contributed by atoms with E-state index in [1.54, 1.807) is 0 Å². The summed E-state index contributed by atoms with van der Waals surface area (Å²) in [4.78, 5) is 11.5. The molecule has 0 amide bonds. The van der Waals surface area contributed by atoms with E-state index in [0.717, 1.165) is 6.42 Å². The average Bonchev–Trinajstić information content (AvgIpc) is 2.10. The van der Waals surface area contributed by atoms with E-state index in [4.69, 9.17) is 4.74 Å². The molecular formula is C11H23NO2. The fourth-order valence-electron chi connectivity index (χ4n) is 1.19. The molecule has 0 saturated carbocycles. The van der Waals surface area contributed by atoms with Gasteiger partial charge < -0.3 is 10.1 Å². The summed E-state index contributed by atoms with van der Waals surface area (Å²) in [5, 5.41) is 3.28. The Morgan fingerprint density at radius 2 is 1.93 bits per heavy atom. The van der Waals surface area contributed by atoms with E-state index in [0.29, 0.717) is 6.04 Å². The lowest BCUT2D eigenvalue weighted by Crippen LogP contribution is -2.50. The van der Waals surface area contributed by atoms with E-state index >= 15 is 0 Å². The Bertz CT molecular complexity index is 184. The monoisotopic (exact) mass is 201 g/mol. The first kappa shape index (κ1) is 13.4. The molecule has 0 aromatic carbocycles. The van der Waals surface area contributed by atoms with Gasteiger partial charge in [-0.1, -0.05) is 27.7 Å². The largest absolute Gasteiger partial charge is 0.468 e. The van der Waals surface area contributed by atoms with Gasteiger partial charge in [0, 0.05) is 6.04 Å². The number of hydrogen-bond acceptors (Lipinski definition) is 3. The maximum atomic E-state index is 11.5. The summed E-state index contributed by atoms with van der Waals surface area (Å²) in [7, 11) is 1.43. The first-order valence-corrected chi connectivity index (χ1v) is 5.16. The molecule has 0 aromatic rings. The van der Waals surface area contributed by atoms with Crippen LogP contribution in [0.2, 0.25) is 0 Å². The molecule has 0 heterocycles. The van der Waals surface area contributed by atoms with Gasteiger partial charge >= 0.3 is 5.97 Å². The molecule has 0 aliphatic heterocycles. The molecule has 0 rings (SSSR count). The first-order valence-electron chi connectivity index (χ1n) is 5.16. The SMILES string of the molecule is CCC(C)NC(C(=O)OC)C(C)(C)C. The molecule has 2 unspecified atom stereocenters. The zero-order chi connectivity index (χ0) is 11.4. The van der Waals surface area contributed by atoms with Crippen LogP contribution in [0, 0.1) is 5.41 Å². The van der Waals surface area contributed by atoms with Crippen LogP contribution < -0.4 is 5.32 Å². The molecular weight excluding hydrogens is 178 g/mol. The fraction of sp³-hybridized carbons (Fsp3) is 0.909. The quantitative estimate of drug-likeness (QED) is 0.707. The van der Waals surface area contributed by atoms with Crippen molar-refractivity contribution in [2.75, 3.05) is 7.11 Å². The molecule has 0 bridgehead atoms. The summed E-state index contributed by atoms with van der Waals surface area (Å²) < 4.78 is 4.78. The van der Waals surface area contributed by atoms with Crippen LogP contribution in [0.4, 0.5) is 0 Å². The third kappa shape index (κ3) is 4.09. The van der Waals surface area contributed by atoms with E-state index in [-0.39, 0.29) is 17.4 Å². The second-order valence-electron chi connectivity index (χ2n) is 4.80. The van der Waals surface area contributed by atoms with Gasteiger partial charge in [-0.05, 0) is 18.8 Å². The number of carbonyl (C=O) groups is 1. The predicted molar refractivity (Wildman–Crippen MR) is 58.1 cm³/mol. The molecule has 14 heavy (non-hydrogen) atoms. The Morgan fingerprint density at radius 3 is 2.21 bits per heavy atom. The van der Waals surface area contributed by atoms with Crippen molar-refractivity contribution in [1.82, 2.24) is 5.32 Å². The van der Waals surface area contributed by atoms with E-state index in [2.05, 4.69) is 19.2 Å². The predicted octanol–water partition coefficient (Wildman–Crippen LogP) is 1.96. The minimum absolute atomic E-state index is 0.115. The highest BCUT2D eigenvalue weighted by Gasteiger charge is 2.32. The van der Waals surface area contributed by atoms with Gasteiger partial charge in [-0.15, -0.1) is 0 Å². The maximum absolute atomic E-state index is 11.5. The summed E-state index contributed by atoms with van der Waals surface area (Å²) >= 11 is 0.